The average molecular weight is 464 g/mol. The van der Waals surface area contributed by atoms with Crippen LogP contribution in [0.15, 0.2) is 70.2 Å². The number of nitrogens with one attached hydrogen (secondary N) is 2. The first-order chi connectivity index (χ1) is 15.2. The predicted octanol–water partition coefficient (Wildman–Crippen LogP) is 3.22. The van der Waals surface area contributed by atoms with Crippen LogP contribution in [-0.2, 0) is 26.1 Å². The number of esters is 1. The Hall–Kier alpha value is -3.57. The monoisotopic (exact) mass is 464 g/mol. The van der Waals surface area contributed by atoms with Gasteiger partial charge in [0.05, 0.1) is 29.0 Å². The van der Waals surface area contributed by atoms with Crippen molar-refractivity contribution in [2.45, 2.75) is 24.5 Å². The highest BCUT2D eigenvalue weighted by Crippen LogP contribution is 2.17. The van der Waals surface area contributed by atoms with Crippen LogP contribution in [0.4, 0.5) is 14.5 Å². The maximum Gasteiger partial charge on any atom is 0.338 e. The first kappa shape index (κ1) is 23.1. The highest BCUT2D eigenvalue weighted by atomic mass is 32.2. The van der Waals surface area contributed by atoms with Crippen LogP contribution >= 0.6 is 0 Å². The number of sulfonamides is 1. The van der Waals surface area contributed by atoms with Gasteiger partial charge in [0, 0.05) is 6.07 Å². The Morgan fingerprint density at radius 3 is 2.47 bits per heavy atom. The first-order valence-corrected chi connectivity index (χ1v) is 10.7. The minimum atomic E-state index is -3.85. The van der Waals surface area contributed by atoms with Crippen molar-refractivity contribution in [3.8, 4) is 0 Å². The largest absolute Gasteiger partial charge is 0.468 e. The van der Waals surface area contributed by atoms with Crippen LogP contribution in [0.2, 0.25) is 0 Å². The normalized spacial score (nSPS) is 12.2. The molecule has 1 unspecified atom stereocenters. The van der Waals surface area contributed by atoms with Crippen molar-refractivity contribution in [1.82, 2.24) is 4.72 Å². The molecule has 11 heteroatoms. The van der Waals surface area contributed by atoms with E-state index >= 15 is 0 Å². The fourth-order valence-corrected chi connectivity index (χ4v) is 3.54. The minimum Gasteiger partial charge on any atom is -0.468 e. The molecular formula is C21H18F2N2O6S. The highest BCUT2D eigenvalue weighted by Gasteiger charge is 2.21. The molecule has 0 fully saturated rings. The molecule has 1 atom stereocenters. The molecule has 0 aliphatic heterocycles. The number of ether oxygens (including phenoxy) is 1. The third kappa shape index (κ3) is 5.77. The van der Waals surface area contributed by atoms with E-state index < -0.39 is 45.3 Å². The first-order valence-electron chi connectivity index (χ1n) is 9.25. The molecule has 0 saturated heterocycles. The summed E-state index contributed by atoms with van der Waals surface area (Å²) in [6.07, 6.45) is 0.0865. The summed E-state index contributed by atoms with van der Waals surface area (Å²) in [5, 5.41) is 2.14. The summed E-state index contributed by atoms with van der Waals surface area (Å²) in [6.45, 7) is 1.21. The zero-order valence-electron chi connectivity index (χ0n) is 16.7. The number of carbonyl (C=O) groups excluding carboxylic acids is 2. The van der Waals surface area contributed by atoms with Crippen molar-refractivity contribution in [2.75, 3.05) is 5.32 Å². The molecule has 0 radical (unpaired) electrons. The lowest BCUT2D eigenvalue weighted by molar-refractivity contribution is -0.123. The molecule has 2 aromatic carbocycles. The van der Waals surface area contributed by atoms with Gasteiger partial charge >= 0.3 is 5.97 Å². The standard InChI is InChI=1S/C21H18F2N2O6S/c1-13(20(26)25-19-11-15(22)6-9-18(19)23)31-21(27)14-4-7-17(8-5-14)32(28,29)24-12-16-3-2-10-30-16/h2-11,13,24H,12H2,1H3,(H,25,26). The molecule has 1 aromatic heterocycles. The summed E-state index contributed by atoms with van der Waals surface area (Å²) in [5.41, 5.74) is -0.402. The van der Waals surface area contributed by atoms with E-state index in [-0.39, 0.29) is 17.0 Å². The Bertz CT molecular complexity index is 1210. The second kappa shape index (κ2) is 9.71. The quantitative estimate of drug-likeness (QED) is 0.495. The SMILES string of the molecule is CC(OC(=O)c1ccc(S(=O)(=O)NCc2ccco2)cc1)C(=O)Nc1cc(F)ccc1F. The van der Waals surface area contributed by atoms with Crippen LogP contribution in [0.3, 0.4) is 0 Å². The van der Waals surface area contributed by atoms with Gasteiger partial charge in [-0.3, -0.25) is 4.79 Å². The van der Waals surface area contributed by atoms with E-state index in [1.807, 2.05) is 0 Å². The minimum absolute atomic E-state index is 0.00780. The van der Waals surface area contributed by atoms with Crippen LogP contribution in [0.5, 0.6) is 0 Å². The number of anilines is 1. The smallest absolute Gasteiger partial charge is 0.338 e. The van der Waals surface area contributed by atoms with Crippen molar-refractivity contribution < 1.29 is 35.9 Å². The zero-order valence-corrected chi connectivity index (χ0v) is 17.5. The van der Waals surface area contributed by atoms with Crippen LogP contribution in [0.25, 0.3) is 0 Å². The molecular weight excluding hydrogens is 446 g/mol. The maximum absolute atomic E-state index is 13.6. The van der Waals surface area contributed by atoms with E-state index in [9.17, 15) is 26.8 Å². The third-order valence-electron chi connectivity index (χ3n) is 4.26. The summed E-state index contributed by atoms with van der Waals surface area (Å²) in [7, 11) is -3.85. The summed E-state index contributed by atoms with van der Waals surface area (Å²) >= 11 is 0. The van der Waals surface area contributed by atoms with E-state index in [0.29, 0.717) is 5.76 Å². The summed E-state index contributed by atoms with van der Waals surface area (Å²) < 4.78 is 63.9. The lowest BCUT2D eigenvalue weighted by atomic mass is 10.2. The number of rotatable bonds is 8. The Kier molecular flexibility index (Phi) is 7.01. The molecule has 0 aliphatic rings. The van der Waals surface area contributed by atoms with E-state index in [0.717, 1.165) is 18.2 Å². The number of amides is 1. The van der Waals surface area contributed by atoms with Crippen molar-refractivity contribution in [2.24, 2.45) is 0 Å². The second-order valence-corrected chi connectivity index (χ2v) is 8.36. The highest BCUT2D eigenvalue weighted by molar-refractivity contribution is 7.89. The molecule has 168 valence electrons. The molecule has 0 spiro atoms. The maximum atomic E-state index is 13.6. The summed E-state index contributed by atoms with van der Waals surface area (Å²) in [5.74, 6) is -2.95. The van der Waals surface area contributed by atoms with Crippen molar-refractivity contribution in [3.05, 3.63) is 83.8 Å². The van der Waals surface area contributed by atoms with E-state index in [1.165, 1.54) is 37.5 Å². The van der Waals surface area contributed by atoms with Gasteiger partial charge in [-0.25, -0.2) is 26.7 Å². The van der Waals surface area contributed by atoms with Gasteiger partial charge in [0.1, 0.15) is 17.4 Å². The summed E-state index contributed by atoms with van der Waals surface area (Å²) in [6, 6.07) is 10.6. The third-order valence-corrected chi connectivity index (χ3v) is 5.67. The zero-order chi connectivity index (χ0) is 23.3. The van der Waals surface area contributed by atoms with Crippen molar-refractivity contribution >= 4 is 27.6 Å². The molecule has 0 bridgehead atoms. The Morgan fingerprint density at radius 2 is 1.81 bits per heavy atom. The second-order valence-electron chi connectivity index (χ2n) is 6.59. The number of hydrogen-bond donors (Lipinski definition) is 2. The van der Waals surface area contributed by atoms with Gasteiger partial charge in [-0.05, 0) is 55.5 Å². The molecule has 3 rings (SSSR count). The molecule has 1 amide bonds. The van der Waals surface area contributed by atoms with Crippen molar-refractivity contribution in [1.29, 1.82) is 0 Å². The van der Waals surface area contributed by atoms with Crippen LogP contribution in [0, 0.1) is 11.6 Å². The average Bonchev–Trinajstić information content (AvgIpc) is 3.29. The predicted molar refractivity (Wildman–Crippen MR) is 109 cm³/mol. The van der Waals surface area contributed by atoms with Gasteiger partial charge in [0.15, 0.2) is 6.10 Å². The van der Waals surface area contributed by atoms with Crippen LogP contribution in [-0.4, -0.2) is 26.4 Å². The topological polar surface area (TPSA) is 115 Å². The number of halogens is 2. The number of furan rings is 1. The van der Waals surface area contributed by atoms with Crippen molar-refractivity contribution in [3.63, 3.8) is 0 Å². The Morgan fingerprint density at radius 1 is 1.09 bits per heavy atom. The van der Waals surface area contributed by atoms with Gasteiger partial charge < -0.3 is 14.5 Å². The molecule has 32 heavy (non-hydrogen) atoms. The van der Waals surface area contributed by atoms with Gasteiger partial charge in [0.25, 0.3) is 5.91 Å². The van der Waals surface area contributed by atoms with E-state index in [1.54, 1.807) is 12.1 Å². The Labute approximate surface area is 182 Å². The molecule has 1 heterocycles. The van der Waals surface area contributed by atoms with Gasteiger partial charge in [0.2, 0.25) is 10.0 Å². The Balaban J connectivity index is 1.60. The van der Waals surface area contributed by atoms with Gasteiger partial charge in [-0.1, -0.05) is 0 Å². The fraction of sp³-hybridized carbons (Fsp3) is 0.143. The molecule has 8 nitrogen and oxygen atoms in total. The van der Waals surface area contributed by atoms with Crippen LogP contribution < -0.4 is 10.0 Å². The molecule has 0 saturated carbocycles. The van der Waals surface area contributed by atoms with Gasteiger partial charge in [-0.2, -0.15) is 0 Å². The molecule has 3 aromatic rings. The lowest BCUT2D eigenvalue weighted by Crippen LogP contribution is -2.30. The summed E-state index contributed by atoms with van der Waals surface area (Å²) in [4.78, 5) is 24.3. The molecule has 0 aliphatic carbocycles. The lowest BCUT2D eigenvalue weighted by Gasteiger charge is -2.14. The number of hydrogen-bond acceptors (Lipinski definition) is 6. The fourth-order valence-electron chi connectivity index (χ4n) is 2.54. The van der Waals surface area contributed by atoms with Gasteiger partial charge in [-0.15, -0.1) is 0 Å². The van der Waals surface area contributed by atoms with E-state index in [4.69, 9.17) is 9.15 Å². The van der Waals surface area contributed by atoms with Crippen LogP contribution in [0.1, 0.15) is 23.0 Å². The number of benzene rings is 2. The number of carbonyl (C=O) groups is 2. The van der Waals surface area contributed by atoms with E-state index in [2.05, 4.69) is 10.0 Å². The molecule has 2 N–H and O–H groups in total.